The van der Waals surface area contributed by atoms with Gasteiger partial charge < -0.3 is 9.84 Å². The van der Waals surface area contributed by atoms with Crippen molar-refractivity contribution in [1.82, 2.24) is 0 Å². The zero-order valence-corrected chi connectivity index (χ0v) is 16.9. The smallest absolute Gasteiger partial charge is 0.154 e. The lowest BCUT2D eigenvalue weighted by Crippen LogP contribution is -2.12. The summed E-state index contributed by atoms with van der Waals surface area (Å²) in [4.78, 5) is 0. The molecule has 1 atom stereocenters. The van der Waals surface area contributed by atoms with E-state index in [2.05, 4.69) is 13.8 Å². The average molecular weight is 343 g/mol. The zero-order valence-electron chi connectivity index (χ0n) is 16.9. The van der Waals surface area contributed by atoms with Crippen LogP contribution in [0.4, 0.5) is 0 Å². The molecule has 0 amide bonds. The third kappa shape index (κ3) is 20.0. The highest BCUT2D eigenvalue weighted by molar-refractivity contribution is 4.50. The van der Waals surface area contributed by atoms with Crippen LogP contribution in [0.1, 0.15) is 129 Å². The van der Waals surface area contributed by atoms with E-state index in [0.717, 1.165) is 25.9 Å². The second-order valence-corrected chi connectivity index (χ2v) is 7.42. The molecule has 0 saturated heterocycles. The van der Waals surface area contributed by atoms with Gasteiger partial charge in [-0.05, 0) is 19.3 Å². The summed E-state index contributed by atoms with van der Waals surface area (Å²) in [5, 5.41) is 9.76. The zero-order chi connectivity index (χ0) is 17.7. The third-order valence-corrected chi connectivity index (χ3v) is 4.86. The van der Waals surface area contributed by atoms with Gasteiger partial charge in [-0.3, -0.25) is 0 Å². The summed E-state index contributed by atoms with van der Waals surface area (Å²) in [6, 6.07) is 0. The van der Waals surface area contributed by atoms with Crippen LogP contribution >= 0.6 is 0 Å². The monoisotopic (exact) mass is 342 g/mol. The van der Waals surface area contributed by atoms with Gasteiger partial charge in [-0.2, -0.15) is 0 Å². The molecule has 0 rings (SSSR count). The van der Waals surface area contributed by atoms with Crippen LogP contribution in [-0.2, 0) is 4.74 Å². The summed E-state index contributed by atoms with van der Waals surface area (Å²) < 4.78 is 5.50. The number of unbranched alkanes of at least 4 members (excludes halogenated alkanes) is 15. The minimum atomic E-state index is -0.528. The first kappa shape index (κ1) is 23.9. The molecule has 0 aliphatic carbocycles. The van der Waals surface area contributed by atoms with Crippen molar-refractivity contribution in [3.05, 3.63) is 0 Å². The SMILES string of the molecule is CCCCCCCCCCCCCCOC(O)CCCCCCC. The van der Waals surface area contributed by atoms with Crippen molar-refractivity contribution >= 4 is 0 Å². The second kappa shape index (κ2) is 21.0. The van der Waals surface area contributed by atoms with Crippen molar-refractivity contribution in [2.45, 2.75) is 136 Å². The second-order valence-electron chi connectivity index (χ2n) is 7.42. The van der Waals surface area contributed by atoms with E-state index in [-0.39, 0.29) is 0 Å². The predicted molar refractivity (Wildman–Crippen MR) is 106 cm³/mol. The van der Waals surface area contributed by atoms with E-state index in [1.807, 2.05) is 0 Å². The van der Waals surface area contributed by atoms with Crippen LogP contribution in [0.5, 0.6) is 0 Å². The first-order chi connectivity index (χ1) is 11.8. The normalized spacial score (nSPS) is 12.6. The van der Waals surface area contributed by atoms with Crippen molar-refractivity contribution in [1.29, 1.82) is 0 Å². The molecule has 0 bridgehead atoms. The van der Waals surface area contributed by atoms with Crippen LogP contribution in [0.25, 0.3) is 0 Å². The summed E-state index contributed by atoms with van der Waals surface area (Å²) in [5.74, 6) is 0. The van der Waals surface area contributed by atoms with E-state index in [4.69, 9.17) is 4.74 Å². The highest BCUT2D eigenvalue weighted by Gasteiger charge is 2.03. The predicted octanol–water partition coefficient (Wildman–Crippen LogP) is 7.38. The maximum atomic E-state index is 9.76. The molecule has 146 valence electrons. The number of ether oxygens (including phenoxy) is 1. The Morgan fingerprint density at radius 2 is 0.917 bits per heavy atom. The van der Waals surface area contributed by atoms with Gasteiger partial charge in [-0.15, -0.1) is 0 Å². The summed E-state index contributed by atoms with van der Waals surface area (Å²) in [5.41, 5.74) is 0. The van der Waals surface area contributed by atoms with Crippen molar-refractivity contribution in [3.8, 4) is 0 Å². The van der Waals surface area contributed by atoms with Crippen LogP contribution in [0.3, 0.4) is 0 Å². The molecule has 2 nitrogen and oxygen atoms in total. The fraction of sp³-hybridized carbons (Fsp3) is 1.00. The summed E-state index contributed by atoms with van der Waals surface area (Å²) in [6.45, 7) is 5.24. The Morgan fingerprint density at radius 1 is 0.542 bits per heavy atom. The van der Waals surface area contributed by atoms with Crippen LogP contribution in [0, 0.1) is 0 Å². The fourth-order valence-electron chi connectivity index (χ4n) is 3.17. The molecule has 1 N–H and O–H groups in total. The Hall–Kier alpha value is -0.0800. The lowest BCUT2D eigenvalue weighted by molar-refractivity contribution is -0.105. The molecule has 0 aromatic carbocycles. The molecule has 0 heterocycles. The molecule has 0 fully saturated rings. The Kier molecular flexibility index (Phi) is 20.9. The minimum absolute atomic E-state index is 0.528. The van der Waals surface area contributed by atoms with E-state index in [1.54, 1.807) is 0 Å². The van der Waals surface area contributed by atoms with Gasteiger partial charge in [0.2, 0.25) is 0 Å². The van der Waals surface area contributed by atoms with E-state index in [1.165, 1.54) is 96.3 Å². The van der Waals surface area contributed by atoms with Gasteiger partial charge >= 0.3 is 0 Å². The van der Waals surface area contributed by atoms with Crippen LogP contribution < -0.4 is 0 Å². The molecular weight excluding hydrogens is 296 g/mol. The van der Waals surface area contributed by atoms with Crippen molar-refractivity contribution in [2.75, 3.05) is 6.61 Å². The molecule has 1 unspecified atom stereocenters. The maximum absolute atomic E-state index is 9.76. The molecular formula is C22H46O2. The highest BCUT2D eigenvalue weighted by atomic mass is 16.6. The Balaban J connectivity index is 3.08. The van der Waals surface area contributed by atoms with Gasteiger partial charge in [-0.1, -0.05) is 110 Å². The molecule has 0 aliphatic rings. The van der Waals surface area contributed by atoms with E-state index >= 15 is 0 Å². The Morgan fingerprint density at radius 3 is 1.38 bits per heavy atom. The standard InChI is InChI=1S/C22H46O2/c1-3-5-7-9-10-11-12-13-14-15-17-19-21-24-22(23)20-18-16-8-6-4-2/h22-23H,3-21H2,1-2H3. The number of hydrogen-bond acceptors (Lipinski definition) is 2. The van der Waals surface area contributed by atoms with E-state index in [9.17, 15) is 5.11 Å². The summed E-state index contributed by atoms with van der Waals surface area (Å²) >= 11 is 0. The van der Waals surface area contributed by atoms with E-state index in [0.29, 0.717) is 0 Å². The molecule has 0 radical (unpaired) electrons. The quantitative estimate of drug-likeness (QED) is 0.185. The molecule has 0 aliphatic heterocycles. The molecule has 0 spiro atoms. The largest absolute Gasteiger partial charge is 0.368 e. The van der Waals surface area contributed by atoms with Gasteiger partial charge in [0.1, 0.15) is 0 Å². The van der Waals surface area contributed by atoms with Gasteiger partial charge in [-0.25, -0.2) is 0 Å². The van der Waals surface area contributed by atoms with Crippen LogP contribution in [0.15, 0.2) is 0 Å². The van der Waals surface area contributed by atoms with Gasteiger partial charge in [0.15, 0.2) is 6.29 Å². The van der Waals surface area contributed by atoms with Crippen LogP contribution in [-0.4, -0.2) is 18.0 Å². The number of aliphatic hydroxyl groups is 1. The van der Waals surface area contributed by atoms with Gasteiger partial charge in [0, 0.05) is 6.61 Å². The first-order valence-electron chi connectivity index (χ1n) is 11.1. The lowest BCUT2D eigenvalue weighted by Gasteiger charge is -2.11. The average Bonchev–Trinajstić information content (AvgIpc) is 2.59. The number of rotatable bonds is 20. The van der Waals surface area contributed by atoms with Crippen molar-refractivity contribution < 1.29 is 9.84 Å². The Bertz CT molecular complexity index is 218. The van der Waals surface area contributed by atoms with Crippen molar-refractivity contribution in [2.24, 2.45) is 0 Å². The van der Waals surface area contributed by atoms with Crippen molar-refractivity contribution in [3.63, 3.8) is 0 Å². The summed E-state index contributed by atoms with van der Waals surface area (Å²) in [7, 11) is 0. The molecule has 24 heavy (non-hydrogen) atoms. The van der Waals surface area contributed by atoms with Crippen LogP contribution in [0.2, 0.25) is 0 Å². The van der Waals surface area contributed by atoms with E-state index < -0.39 is 6.29 Å². The first-order valence-corrected chi connectivity index (χ1v) is 11.1. The fourth-order valence-corrected chi connectivity index (χ4v) is 3.17. The number of aliphatic hydroxyl groups excluding tert-OH is 1. The van der Waals surface area contributed by atoms with Gasteiger partial charge in [0.25, 0.3) is 0 Å². The molecule has 2 heteroatoms. The topological polar surface area (TPSA) is 29.5 Å². The lowest BCUT2D eigenvalue weighted by atomic mass is 10.1. The Labute approximate surface area is 152 Å². The number of hydrogen-bond donors (Lipinski definition) is 1. The summed E-state index contributed by atoms with van der Waals surface area (Å²) in [6.07, 6.45) is 22.8. The third-order valence-electron chi connectivity index (χ3n) is 4.86. The minimum Gasteiger partial charge on any atom is -0.368 e. The molecule has 0 saturated carbocycles. The van der Waals surface area contributed by atoms with Gasteiger partial charge in [0.05, 0.1) is 0 Å². The molecule has 0 aromatic heterocycles. The molecule has 0 aromatic rings. The maximum Gasteiger partial charge on any atom is 0.154 e. The highest BCUT2D eigenvalue weighted by Crippen LogP contribution is 2.12.